The number of rotatable bonds is 5. The molecule has 1 aromatic heterocycles. The summed E-state index contributed by atoms with van der Waals surface area (Å²) in [6.07, 6.45) is 0. The zero-order chi connectivity index (χ0) is 12.8. The SMILES string of the molecule is COc1cccc(CNCc2ccccc2Cl)n1. The third kappa shape index (κ3) is 3.45. The zero-order valence-electron chi connectivity index (χ0n) is 10.2. The summed E-state index contributed by atoms with van der Waals surface area (Å²) in [7, 11) is 1.61. The molecule has 0 spiro atoms. The number of halogens is 1. The second-order valence-electron chi connectivity index (χ2n) is 3.87. The number of methoxy groups -OCH3 is 1. The van der Waals surface area contributed by atoms with E-state index in [4.69, 9.17) is 16.3 Å². The number of benzene rings is 1. The van der Waals surface area contributed by atoms with E-state index < -0.39 is 0 Å². The Labute approximate surface area is 112 Å². The summed E-state index contributed by atoms with van der Waals surface area (Å²) in [6, 6.07) is 13.5. The van der Waals surface area contributed by atoms with Crippen LogP contribution in [-0.4, -0.2) is 12.1 Å². The van der Waals surface area contributed by atoms with Gasteiger partial charge in [0.25, 0.3) is 0 Å². The van der Waals surface area contributed by atoms with Crippen molar-refractivity contribution in [3.05, 3.63) is 58.7 Å². The molecule has 3 nitrogen and oxygen atoms in total. The van der Waals surface area contributed by atoms with E-state index in [1.165, 1.54) is 0 Å². The molecule has 0 saturated heterocycles. The van der Waals surface area contributed by atoms with Gasteiger partial charge in [-0.25, -0.2) is 4.98 Å². The molecule has 94 valence electrons. The Kier molecular flexibility index (Phi) is 4.56. The van der Waals surface area contributed by atoms with E-state index in [1.54, 1.807) is 7.11 Å². The summed E-state index contributed by atoms with van der Waals surface area (Å²) in [5.41, 5.74) is 2.03. The third-order valence-electron chi connectivity index (χ3n) is 2.57. The highest BCUT2D eigenvalue weighted by Crippen LogP contribution is 2.14. The number of pyridine rings is 1. The monoisotopic (exact) mass is 262 g/mol. The predicted octanol–water partition coefficient (Wildman–Crippen LogP) is 3.03. The van der Waals surface area contributed by atoms with Gasteiger partial charge in [-0.05, 0) is 17.7 Å². The highest BCUT2D eigenvalue weighted by Gasteiger charge is 2.00. The lowest BCUT2D eigenvalue weighted by Gasteiger charge is -2.07. The number of hydrogen-bond donors (Lipinski definition) is 1. The predicted molar refractivity (Wildman–Crippen MR) is 72.8 cm³/mol. The Morgan fingerprint density at radius 2 is 1.94 bits per heavy atom. The molecule has 2 aromatic rings. The molecule has 0 amide bonds. The number of aromatic nitrogens is 1. The van der Waals surface area contributed by atoms with Gasteiger partial charge < -0.3 is 10.1 Å². The second kappa shape index (κ2) is 6.38. The van der Waals surface area contributed by atoms with Crippen LogP contribution in [0.15, 0.2) is 42.5 Å². The number of hydrogen-bond acceptors (Lipinski definition) is 3. The summed E-state index contributed by atoms with van der Waals surface area (Å²) in [6.45, 7) is 1.40. The van der Waals surface area contributed by atoms with Crippen LogP contribution in [0.4, 0.5) is 0 Å². The molecule has 0 aliphatic carbocycles. The lowest BCUT2D eigenvalue weighted by Crippen LogP contribution is -2.14. The minimum atomic E-state index is 0.632. The molecule has 1 heterocycles. The minimum Gasteiger partial charge on any atom is -0.481 e. The summed E-state index contributed by atoms with van der Waals surface area (Å²) in [4.78, 5) is 4.33. The summed E-state index contributed by atoms with van der Waals surface area (Å²) < 4.78 is 5.08. The van der Waals surface area contributed by atoms with Gasteiger partial charge in [0.15, 0.2) is 0 Å². The molecule has 0 fully saturated rings. The summed E-state index contributed by atoms with van der Waals surface area (Å²) >= 11 is 6.08. The molecule has 18 heavy (non-hydrogen) atoms. The Bertz CT molecular complexity index is 517. The van der Waals surface area contributed by atoms with Crippen molar-refractivity contribution in [2.45, 2.75) is 13.1 Å². The van der Waals surface area contributed by atoms with Crippen molar-refractivity contribution in [2.24, 2.45) is 0 Å². The molecule has 0 atom stereocenters. The van der Waals surface area contributed by atoms with Gasteiger partial charge in [0.05, 0.1) is 12.8 Å². The van der Waals surface area contributed by atoms with Crippen LogP contribution in [0.25, 0.3) is 0 Å². The average Bonchev–Trinajstić information content (AvgIpc) is 2.41. The van der Waals surface area contributed by atoms with Crippen molar-refractivity contribution in [1.29, 1.82) is 0 Å². The molecule has 1 N–H and O–H groups in total. The smallest absolute Gasteiger partial charge is 0.213 e. The lowest BCUT2D eigenvalue weighted by molar-refractivity contribution is 0.395. The van der Waals surface area contributed by atoms with Crippen LogP contribution >= 0.6 is 11.6 Å². The van der Waals surface area contributed by atoms with E-state index in [0.29, 0.717) is 12.4 Å². The first-order chi connectivity index (χ1) is 8.79. The quantitative estimate of drug-likeness (QED) is 0.899. The molecule has 0 radical (unpaired) electrons. The van der Waals surface area contributed by atoms with E-state index in [2.05, 4.69) is 10.3 Å². The second-order valence-corrected chi connectivity index (χ2v) is 4.27. The van der Waals surface area contributed by atoms with Crippen LogP contribution in [-0.2, 0) is 13.1 Å². The van der Waals surface area contributed by atoms with Gasteiger partial charge in [0.2, 0.25) is 5.88 Å². The molecule has 0 aliphatic rings. The van der Waals surface area contributed by atoms with Crippen molar-refractivity contribution in [3.8, 4) is 5.88 Å². The average molecular weight is 263 g/mol. The first kappa shape index (κ1) is 12.9. The van der Waals surface area contributed by atoms with Gasteiger partial charge in [-0.1, -0.05) is 35.9 Å². The molecular formula is C14H15ClN2O. The molecule has 0 aliphatic heterocycles. The summed E-state index contributed by atoms with van der Waals surface area (Å²) in [5, 5.41) is 4.09. The molecular weight excluding hydrogens is 248 g/mol. The maximum atomic E-state index is 6.08. The normalized spacial score (nSPS) is 10.3. The Balaban J connectivity index is 1.90. The van der Waals surface area contributed by atoms with Gasteiger partial charge >= 0.3 is 0 Å². The van der Waals surface area contributed by atoms with Crippen LogP contribution in [0.2, 0.25) is 5.02 Å². The number of nitrogens with one attached hydrogen (secondary N) is 1. The van der Waals surface area contributed by atoms with E-state index in [-0.39, 0.29) is 0 Å². The van der Waals surface area contributed by atoms with Crippen LogP contribution in [0.3, 0.4) is 0 Å². The topological polar surface area (TPSA) is 34.1 Å². The van der Waals surface area contributed by atoms with E-state index in [1.807, 2.05) is 42.5 Å². The Morgan fingerprint density at radius 1 is 1.11 bits per heavy atom. The fourth-order valence-electron chi connectivity index (χ4n) is 1.64. The number of nitrogens with zero attached hydrogens (tertiary/aromatic N) is 1. The fraction of sp³-hybridized carbons (Fsp3) is 0.214. The van der Waals surface area contributed by atoms with Crippen molar-refractivity contribution in [1.82, 2.24) is 10.3 Å². The maximum absolute atomic E-state index is 6.08. The molecule has 4 heteroatoms. The Morgan fingerprint density at radius 3 is 2.72 bits per heavy atom. The van der Waals surface area contributed by atoms with Gasteiger partial charge in [0, 0.05) is 24.2 Å². The van der Waals surface area contributed by atoms with Crippen molar-refractivity contribution < 1.29 is 4.74 Å². The van der Waals surface area contributed by atoms with Gasteiger partial charge in [-0.2, -0.15) is 0 Å². The largest absolute Gasteiger partial charge is 0.481 e. The van der Waals surface area contributed by atoms with Crippen molar-refractivity contribution in [3.63, 3.8) is 0 Å². The van der Waals surface area contributed by atoms with Gasteiger partial charge in [-0.3, -0.25) is 0 Å². The first-order valence-corrected chi connectivity index (χ1v) is 6.11. The molecule has 0 saturated carbocycles. The Hall–Kier alpha value is -1.58. The van der Waals surface area contributed by atoms with E-state index >= 15 is 0 Å². The zero-order valence-corrected chi connectivity index (χ0v) is 10.9. The molecule has 0 unspecified atom stereocenters. The minimum absolute atomic E-state index is 0.632. The maximum Gasteiger partial charge on any atom is 0.213 e. The lowest BCUT2D eigenvalue weighted by atomic mass is 10.2. The van der Waals surface area contributed by atoms with Crippen molar-refractivity contribution >= 4 is 11.6 Å². The number of ether oxygens (including phenoxy) is 1. The first-order valence-electron chi connectivity index (χ1n) is 5.73. The van der Waals surface area contributed by atoms with Crippen LogP contribution in [0.1, 0.15) is 11.3 Å². The van der Waals surface area contributed by atoms with Gasteiger partial charge in [-0.15, -0.1) is 0 Å². The van der Waals surface area contributed by atoms with E-state index in [0.717, 1.165) is 22.8 Å². The summed E-state index contributed by atoms with van der Waals surface area (Å²) in [5.74, 6) is 0.632. The fourth-order valence-corrected chi connectivity index (χ4v) is 1.84. The molecule has 2 rings (SSSR count). The standard InChI is InChI=1S/C14H15ClN2O/c1-18-14-8-4-6-12(17-14)10-16-9-11-5-2-3-7-13(11)15/h2-8,16H,9-10H2,1H3. The van der Waals surface area contributed by atoms with Crippen LogP contribution in [0.5, 0.6) is 5.88 Å². The van der Waals surface area contributed by atoms with Crippen LogP contribution in [0, 0.1) is 0 Å². The highest BCUT2D eigenvalue weighted by molar-refractivity contribution is 6.31. The molecule has 0 bridgehead atoms. The molecule has 1 aromatic carbocycles. The highest BCUT2D eigenvalue weighted by atomic mass is 35.5. The van der Waals surface area contributed by atoms with Crippen LogP contribution < -0.4 is 10.1 Å². The van der Waals surface area contributed by atoms with Gasteiger partial charge in [0.1, 0.15) is 0 Å². The third-order valence-corrected chi connectivity index (χ3v) is 2.94. The van der Waals surface area contributed by atoms with Crippen molar-refractivity contribution in [2.75, 3.05) is 7.11 Å². The van der Waals surface area contributed by atoms with E-state index in [9.17, 15) is 0 Å².